The van der Waals surface area contributed by atoms with Gasteiger partial charge in [0.25, 0.3) is 0 Å². The molecule has 0 saturated carbocycles. The molecule has 2 atom stereocenters. The number of rotatable bonds is 7. The molecule has 1 aliphatic heterocycles. The Bertz CT molecular complexity index is 671. The van der Waals surface area contributed by atoms with Crippen LogP contribution in [0.2, 0.25) is 0 Å². The summed E-state index contributed by atoms with van der Waals surface area (Å²) < 4.78 is 5.57. The molecule has 4 heteroatoms. The van der Waals surface area contributed by atoms with Crippen molar-refractivity contribution in [1.82, 2.24) is 5.32 Å². The van der Waals surface area contributed by atoms with Gasteiger partial charge < -0.3 is 15.0 Å². The van der Waals surface area contributed by atoms with Gasteiger partial charge in [-0.15, -0.1) is 0 Å². The smallest absolute Gasteiger partial charge is 0.133 e. The Morgan fingerprint density at radius 1 is 1.04 bits per heavy atom. The van der Waals surface area contributed by atoms with Crippen molar-refractivity contribution in [2.75, 3.05) is 26.3 Å². The third-order valence-electron chi connectivity index (χ3n) is 5.11. The van der Waals surface area contributed by atoms with Crippen LogP contribution in [-0.4, -0.2) is 37.3 Å². The summed E-state index contributed by atoms with van der Waals surface area (Å²) >= 11 is 5.65. The number of aryl methyl sites for hydroxylation is 1. The average molecular weight is 370 g/mol. The first-order chi connectivity index (χ1) is 12.7. The first-order valence-corrected chi connectivity index (χ1v) is 9.95. The van der Waals surface area contributed by atoms with Crippen molar-refractivity contribution < 1.29 is 9.64 Å². The van der Waals surface area contributed by atoms with Gasteiger partial charge in [-0.25, -0.2) is 0 Å². The third-order valence-corrected chi connectivity index (χ3v) is 5.43. The topological polar surface area (TPSA) is 25.7 Å². The molecule has 1 heterocycles. The highest BCUT2D eigenvalue weighted by molar-refractivity contribution is 7.80. The van der Waals surface area contributed by atoms with E-state index in [-0.39, 0.29) is 6.04 Å². The molecule has 0 aliphatic carbocycles. The fourth-order valence-electron chi connectivity index (χ4n) is 3.79. The maximum absolute atomic E-state index is 5.65. The second-order valence-corrected chi connectivity index (χ2v) is 7.49. The summed E-state index contributed by atoms with van der Waals surface area (Å²) in [6.07, 6.45) is 1.88. The van der Waals surface area contributed by atoms with E-state index in [0.717, 1.165) is 44.1 Å². The minimum Gasteiger partial charge on any atom is -0.371 e. The van der Waals surface area contributed by atoms with Gasteiger partial charge >= 0.3 is 0 Å². The molecule has 0 spiro atoms. The molecule has 0 radical (unpaired) electrons. The van der Waals surface area contributed by atoms with Crippen molar-refractivity contribution in [3.05, 3.63) is 71.8 Å². The van der Waals surface area contributed by atoms with Crippen molar-refractivity contribution in [3.63, 3.8) is 0 Å². The van der Waals surface area contributed by atoms with Crippen molar-refractivity contribution in [2.45, 2.75) is 31.8 Å². The predicted molar refractivity (Wildman–Crippen MR) is 111 cm³/mol. The van der Waals surface area contributed by atoms with Crippen LogP contribution < -0.4 is 10.2 Å². The van der Waals surface area contributed by atoms with Crippen LogP contribution in [-0.2, 0) is 11.2 Å². The minimum atomic E-state index is 0.286. The molecule has 3 rings (SSSR count). The van der Waals surface area contributed by atoms with Crippen LogP contribution in [0.3, 0.4) is 0 Å². The Morgan fingerprint density at radius 3 is 2.31 bits per heavy atom. The Morgan fingerprint density at radius 2 is 1.65 bits per heavy atom. The zero-order valence-electron chi connectivity index (χ0n) is 15.5. The van der Waals surface area contributed by atoms with Crippen molar-refractivity contribution in [1.29, 1.82) is 0 Å². The van der Waals surface area contributed by atoms with Crippen molar-refractivity contribution in [2.24, 2.45) is 0 Å². The average Bonchev–Trinajstić information content (AvgIpc) is 2.69. The van der Waals surface area contributed by atoms with E-state index in [0.29, 0.717) is 6.04 Å². The molecule has 26 heavy (non-hydrogen) atoms. The first-order valence-electron chi connectivity index (χ1n) is 9.54. The molecule has 138 valence electrons. The highest BCUT2D eigenvalue weighted by atomic mass is 32.1. The maximum Gasteiger partial charge on any atom is 0.133 e. The molecule has 2 N–H and O–H groups in total. The van der Waals surface area contributed by atoms with Gasteiger partial charge in [0.15, 0.2) is 0 Å². The molecule has 3 nitrogen and oxygen atoms in total. The lowest BCUT2D eigenvalue weighted by molar-refractivity contribution is -0.940. The van der Waals surface area contributed by atoms with E-state index in [9.17, 15) is 0 Å². The number of thiocarbonyl (C=S) groups is 1. The zero-order valence-corrected chi connectivity index (χ0v) is 16.3. The van der Waals surface area contributed by atoms with E-state index < -0.39 is 0 Å². The van der Waals surface area contributed by atoms with Gasteiger partial charge in [-0.05, 0) is 18.9 Å². The van der Waals surface area contributed by atoms with Crippen molar-refractivity contribution in [3.8, 4) is 0 Å². The molecular weight excluding hydrogens is 340 g/mol. The van der Waals surface area contributed by atoms with Crippen LogP contribution in [0.1, 0.15) is 30.5 Å². The molecule has 0 amide bonds. The van der Waals surface area contributed by atoms with Gasteiger partial charge in [0.1, 0.15) is 19.1 Å². The molecule has 1 saturated heterocycles. The number of hydrogen-bond donors (Lipinski definition) is 2. The highest BCUT2D eigenvalue weighted by Crippen LogP contribution is 2.15. The highest BCUT2D eigenvalue weighted by Gasteiger charge is 2.31. The zero-order chi connectivity index (χ0) is 18.2. The van der Waals surface area contributed by atoms with Gasteiger partial charge in [-0.2, -0.15) is 0 Å². The third kappa shape index (κ3) is 5.37. The van der Waals surface area contributed by atoms with Gasteiger partial charge in [0, 0.05) is 12.0 Å². The summed E-state index contributed by atoms with van der Waals surface area (Å²) in [6, 6.07) is 22.0. The summed E-state index contributed by atoms with van der Waals surface area (Å²) in [5.41, 5.74) is 2.71. The van der Waals surface area contributed by atoms with Crippen LogP contribution in [0.25, 0.3) is 0 Å². The molecule has 2 aromatic rings. The van der Waals surface area contributed by atoms with Gasteiger partial charge in [0.2, 0.25) is 0 Å². The van der Waals surface area contributed by atoms with Gasteiger partial charge in [-0.3, -0.25) is 0 Å². The number of ether oxygens (including phenoxy) is 1. The Labute approximate surface area is 162 Å². The molecule has 0 unspecified atom stereocenters. The Hall–Kier alpha value is -1.75. The van der Waals surface area contributed by atoms with Crippen LogP contribution in [0.4, 0.5) is 0 Å². The van der Waals surface area contributed by atoms with Crippen LogP contribution in [0.15, 0.2) is 60.7 Å². The van der Waals surface area contributed by atoms with E-state index in [4.69, 9.17) is 17.0 Å². The SMILES string of the molecule is C[C@H](NC(=S)CCc1ccccc1)[C@H](c1ccccc1)[NH+]1CCOCC1. The lowest BCUT2D eigenvalue weighted by Gasteiger charge is -2.36. The fraction of sp³-hybridized carbons (Fsp3) is 0.409. The molecule has 1 fully saturated rings. The summed E-state index contributed by atoms with van der Waals surface area (Å²) in [5.74, 6) is 0. The normalized spacial score (nSPS) is 17.4. The van der Waals surface area contributed by atoms with Crippen LogP contribution in [0, 0.1) is 0 Å². The molecule has 0 bridgehead atoms. The number of morpholine rings is 1. The quantitative estimate of drug-likeness (QED) is 0.734. The van der Waals surface area contributed by atoms with Crippen LogP contribution >= 0.6 is 12.2 Å². The van der Waals surface area contributed by atoms with Crippen molar-refractivity contribution >= 4 is 17.2 Å². The standard InChI is InChI=1S/C22H28N2OS/c1-18(23-21(26)13-12-19-8-4-2-5-9-19)22(20-10-6-3-7-11-20)24-14-16-25-17-15-24/h2-11,18,22H,12-17H2,1H3,(H,23,26)/p+1/t18-,22+/m0/s1. The number of hydrogen-bond acceptors (Lipinski definition) is 2. The summed E-state index contributed by atoms with van der Waals surface area (Å²) in [6.45, 7) is 6.02. The minimum absolute atomic E-state index is 0.286. The Kier molecular flexibility index (Phi) is 7.18. The van der Waals surface area contributed by atoms with E-state index >= 15 is 0 Å². The molecular formula is C22H29N2OS+. The van der Waals surface area contributed by atoms with Gasteiger partial charge in [0.05, 0.1) is 24.2 Å². The maximum atomic E-state index is 5.65. The number of benzene rings is 2. The van der Waals surface area contributed by atoms with E-state index in [1.807, 2.05) is 0 Å². The van der Waals surface area contributed by atoms with Crippen LogP contribution in [0.5, 0.6) is 0 Å². The van der Waals surface area contributed by atoms with E-state index in [2.05, 4.69) is 72.9 Å². The number of quaternary nitrogens is 1. The summed E-state index contributed by atoms with van der Waals surface area (Å²) in [7, 11) is 0. The lowest BCUT2D eigenvalue weighted by Crippen LogP contribution is -3.15. The molecule has 1 aliphatic rings. The van der Waals surface area contributed by atoms with E-state index in [1.54, 1.807) is 4.90 Å². The monoisotopic (exact) mass is 369 g/mol. The second kappa shape index (κ2) is 9.81. The molecule has 0 aromatic heterocycles. The fourth-order valence-corrected chi connectivity index (χ4v) is 4.08. The predicted octanol–water partition coefficient (Wildman–Crippen LogP) is 2.58. The summed E-state index contributed by atoms with van der Waals surface area (Å²) in [5, 5.41) is 3.62. The second-order valence-electron chi connectivity index (χ2n) is 7.00. The molecule has 2 aromatic carbocycles. The number of nitrogens with one attached hydrogen (secondary N) is 2. The Balaban J connectivity index is 1.63. The first kappa shape index (κ1) is 19.0. The van der Waals surface area contributed by atoms with E-state index in [1.165, 1.54) is 11.1 Å². The van der Waals surface area contributed by atoms with Gasteiger partial charge in [-0.1, -0.05) is 72.9 Å². The summed E-state index contributed by atoms with van der Waals surface area (Å²) in [4.78, 5) is 2.53. The lowest BCUT2D eigenvalue weighted by atomic mass is 9.98. The largest absolute Gasteiger partial charge is 0.371 e.